The third-order valence-corrected chi connectivity index (χ3v) is 6.65. The van der Waals surface area contributed by atoms with E-state index in [4.69, 9.17) is 11.6 Å². The average Bonchev–Trinajstić information content (AvgIpc) is 3.25. The molecule has 1 N–H and O–H groups in total. The molecule has 3 aromatic carbocycles. The first-order valence-electron chi connectivity index (χ1n) is 11.1. The highest BCUT2D eigenvalue weighted by Gasteiger charge is 2.34. The van der Waals surface area contributed by atoms with E-state index in [2.05, 4.69) is 16.0 Å². The summed E-state index contributed by atoms with van der Waals surface area (Å²) in [5, 5.41) is 4.49. The minimum absolute atomic E-state index is 0.232. The maximum Gasteiger partial charge on any atom is 0.329 e. The smallest absolute Gasteiger partial charge is 0.329 e. The third kappa shape index (κ3) is 3.99. The lowest BCUT2D eigenvalue weighted by atomic mass is 10.1. The number of imide groups is 1. The Hall–Kier alpha value is -3.83. The average molecular weight is 470 g/mol. The molecule has 1 aliphatic heterocycles. The van der Waals surface area contributed by atoms with Gasteiger partial charge < -0.3 is 9.88 Å². The van der Waals surface area contributed by atoms with Crippen molar-refractivity contribution in [2.45, 2.75) is 26.9 Å². The Labute approximate surface area is 203 Å². The van der Waals surface area contributed by atoms with Crippen LogP contribution in [0.3, 0.4) is 0 Å². The molecule has 2 heterocycles. The fraction of sp³-hybridized carbons (Fsp3) is 0.143. The number of amides is 3. The van der Waals surface area contributed by atoms with Crippen molar-refractivity contribution < 1.29 is 9.59 Å². The summed E-state index contributed by atoms with van der Waals surface area (Å²) in [6.45, 7) is 4.86. The molecule has 0 radical (unpaired) electrons. The number of nitrogens with one attached hydrogen (secondary N) is 1. The van der Waals surface area contributed by atoms with Gasteiger partial charge in [0.15, 0.2) is 0 Å². The summed E-state index contributed by atoms with van der Waals surface area (Å²) in [5.74, 6) is -0.326. The number of rotatable bonds is 5. The molecule has 170 valence electrons. The van der Waals surface area contributed by atoms with E-state index in [1.54, 1.807) is 6.08 Å². The molecule has 6 heteroatoms. The van der Waals surface area contributed by atoms with Crippen LogP contribution in [0.1, 0.15) is 27.9 Å². The molecular formula is C28H24ClN3O2. The van der Waals surface area contributed by atoms with Crippen LogP contribution in [-0.4, -0.2) is 21.4 Å². The van der Waals surface area contributed by atoms with Crippen LogP contribution in [0.2, 0.25) is 5.02 Å². The lowest BCUT2D eigenvalue weighted by Crippen LogP contribution is -2.30. The van der Waals surface area contributed by atoms with E-state index < -0.39 is 6.03 Å². The first kappa shape index (κ1) is 22.0. The molecule has 1 fully saturated rings. The number of aromatic nitrogens is 1. The summed E-state index contributed by atoms with van der Waals surface area (Å²) in [4.78, 5) is 27.0. The molecule has 0 unspecified atom stereocenters. The molecule has 1 saturated heterocycles. The van der Waals surface area contributed by atoms with Crippen molar-refractivity contribution in [2.75, 3.05) is 0 Å². The number of carbonyl (C=O) groups is 2. The summed E-state index contributed by atoms with van der Waals surface area (Å²) in [7, 11) is 0. The van der Waals surface area contributed by atoms with E-state index in [1.807, 2.05) is 80.6 Å². The van der Waals surface area contributed by atoms with Gasteiger partial charge in [-0.2, -0.15) is 0 Å². The van der Waals surface area contributed by atoms with E-state index in [9.17, 15) is 9.59 Å². The molecule has 5 rings (SSSR count). The predicted molar refractivity (Wildman–Crippen MR) is 135 cm³/mol. The van der Waals surface area contributed by atoms with Crippen molar-refractivity contribution in [1.82, 2.24) is 14.8 Å². The van der Waals surface area contributed by atoms with E-state index in [1.165, 1.54) is 4.90 Å². The zero-order chi connectivity index (χ0) is 23.8. The van der Waals surface area contributed by atoms with Gasteiger partial charge in [-0.15, -0.1) is 0 Å². The van der Waals surface area contributed by atoms with E-state index in [-0.39, 0.29) is 18.1 Å². The van der Waals surface area contributed by atoms with Crippen LogP contribution in [0.25, 0.3) is 17.0 Å². The lowest BCUT2D eigenvalue weighted by Gasteiger charge is -2.12. The fourth-order valence-electron chi connectivity index (χ4n) is 4.38. The molecule has 0 atom stereocenters. The van der Waals surface area contributed by atoms with E-state index in [0.29, 0.717) is 11.6 Å². The Bertz CT molecular complexity index is 1450. The molecule has 0 saturated carbocycles. The maximum atomic E-state index is 13.1. The van der Waals surface area contributed by atoms with Crippen LogP contribution in [0.5, 0.6) is 0 Å². The quantitative estimate of drug-likeness (QED) is 0.285. The normalized spacial score (nSPS) is 14.9. The van der Waals surface area contributed by atoms with Crippen LogP contribution in [0.4, 0.5) is 4.79 Å². The largest absolute Gasteiger partial charge is 0.340 e. The summed E-state index contributed by atoms with van der Waals surface area (Å²) < 4.78 is 2.19. The summed E-state index contributed by atoms with van der Waals surface area (Å²) >= 11 is 6.43. The molecule has 0 aliphatic carbocycles. The Morgan fingerprint density at radius 3 is 2.35 bits per heavy atom. The molecular weight excluding hydrogens is 446 g/mol. The van der Waals surface area contributed by atoms with Crippen molar-refractivity contribution in [3.05, 3.63) is 111 Å². The van der Waals surface area contributed by atoms with Gasteiger partial charge in [0.2, 0.25) is 0 Å². The lowest BCUT2D eigenvalue weighted by molar-refractivity contribution is -0.123. The minimum Gasteiger partial charge on any atom is -0.340 e. The van der Waals surface area contributed by atoms with Crippen LogP contribution in [0.15, 0.2) is 78.5 Å². The first-order chi connectivity index (χ1) is 16.4. The van der Waals surface area contributed by atoms with Crippen molar-refractivity contribution in [2.24, 2.45) is 0 Å². The molecule has 3 amide bonds. The van der Waals surface area contributed by atoms with Crippen LogP contribution in [0, 0.1) is 13.8 Å². The summed E-state index contributed by atoms with van der Waals surface area (Å²) in [6, 6.07) is 23.2. The van der Waals surface area contributed by atoms with Gasteiger partial charge >= 0.3 is 6.03 Å². The molecule has 1 aromatic heterocycles. The third-order valence-electron chi connectivity index (χ3n) is 6.28. The van der Waals surface area contributed by atoms with Gasteiger partial charge in [-0.05, 0) is 43.2 Å². The number of para-hydroxylation sites is 1. The Balaban J connectivity index is 1.51. The number of aryl methyl sites for hydroxylation is 1. The van der Waals surface area contributed by atoms with Gasteiger partial charge in [-0.25, -0.2) is 4.79 Å². The highest BCUT2D eigenvalue weighted by atomic mass is 35.5. The van der Waals surface area contributed by atoms with Crippen LogP contribution < -0.4 is 5.32 Å². The SMILES string of the molecule is Cc1ccc(CN2C(=O)N/C(=C/c3c(C)n(Cc4ccccc4Cl)c4ccccc34)C2=O)cc1. The summed E-state index contributed by atoms with van der Waals surface area (Å²) in [6.07, 6.45) is 1.79. The van der Waals surface area contributed by atoms with Gasteiger partial charge in [0.05, 0.1) is 6.54 Å². The van der Waals surface area contributed by atoms with Gasteiger partial charge in [-0.1, -0.05) is 77.8 Å². The zero-order valence-corrected chi connectivity index (χ0v) is 19.8. The molecule has 4 aromatic rings. The molecule has 5 nitrogen and oxygen atoms in total. The Kier molecular flexibility index (Phi) is 5.72. The highest BCUT2D eigenvalue weighted by molar-refractivity contribution is 6.31. The topological polar surface area (TPSA) is 54.3 Å². The number of urea groups is 1. The van der Waals surface area contributed by atoms with E-state index >= 15 is 0 Å². The maximum absolute atomic E-state index is 13.1. The number of halogens is 1. The predicted octanol–water partition coefficient (Wildman–Crippen LogP) is 6.05. The summed E-state index contributed by atoms with van der Waals surface area (Å²) in [5.41, 5.74) is 6.27. The highest BCUT2D eigenvalue weighted by Crippen LogP contribution is 2.30. The van der Waals surface area contributed by atoms with Crippen LogP contribution >= 0.6 is 11.6 Å². The standard InChI is InChI=1S/C28H24ClN3O2/c1-18-11-13-20(14-12-18)16-32-27(33)25(30-28(32)34)15-23-19(2)31(26-10-6-4-8-22(23)26)17-21-7-3-5-9-24(21)29/h3-15H,16-17H2,1-2H3,(H,30,34)/b25-15+. The first-order valence-corrected chi connectivity index (χ1v) is 11.5. The van der Waals surface area contributed by atoms with Crippen LogP contribution in [-0.2, 0) is 17.9 Å². The van der Waals surface area contributed by atoms with E-state index in [0.717, 1.165) is 38.9 Å². The second-order valence-electron chi connectivity index (χ2n) is 8.56. The van der Waals surface area contributed by atoms with Gasteiger partial charge in [-0.3, -0.25) is 9.69 Å². The number of benzene rings is 3. The number of nitrogens with zero attached hydrogens (tertiary/aromatic N) is 2. The van der Waals surface area contributed by atoms with Crippen molar-refractivity contribution in [3.63, 3.8) is 0 Å². The molecule has 1 aliphatic rings. The van der Waals surface area contributed by atoms with Crippen molar-refractivity contribution in [1.29, 1.82) is 0 Å². The fourth-order valence-corrected chi connectivity index (χ4v) is 4.57. The molecule has 34 heavy (non-hydrogen) atoms. The van der Waals surface area contributed by atoms with Crippen molar-refractivity contribution >= 4 is 40.5 Å². The second kappa shape index (κ2) is 8.84. The Morgan fingerprint density at radius 1 is 0.882 bits per heavy atom. The molecule has 0 bridgehead atoms. The number of fused-ring (bicyclic) bond motifs is 1. The number of hydrogen-bond acceptors (Lipinski definition) is 2. The minimum atomic E-state index is -0.408. The van der Waals surface area contributed by atoms with Gasteiger partial charge in [0, 0.05) is 33.7 Å². The monoisotopic (exact) mass is 469 g/mol. The number of carbonyl (C=O) groups excluding carboxylic acids is 2. The van der Waals surface area contributed by atoms with Crippen molar-refractivity contribution in [3.8, 4) is 0 Å². The van der Waals surface area contributed by atoms with Gasteiger partial charge in [0.25, 0.3) is 5.91 Å². The Morgan fingerprint density at radius 2 is 1.59 bits per heavy atom. The zero-order valence-electron chi connectivity index (χ0n) is 19.0. The number of hydrogen-bond donors (Lipinski definition) is 1. The molecule has 0 spiro atoms. The second-order valence-corrected chi connectivity index (χ2v) is 8.97. The van der Waals surface area contributed by atoms with Gasteiger partial charge in [0.1, 0.15) is 5.70 Å².